The molecule has 1 saturated heterocycles. The number of nitrogens with zero attached hydrogens (tertiary/aromatic N) is 2. The lowest BCUT2D eigenvalue weighted by Gasteiger charge is -2.16. The van der Waals surface area contributed by atoms with Crippen LogP contribution in [0, 0.1) is 23.7 Å². The van der Waals surface area contributed by atoms with Crippen molar-refractivity contribution in [3.8, 4) is 11.5 Å². The van der Waals surface area contributed by atoms with Gasteiger partial charge in [0.1, 0.15) is 0 Å². The van der Waals surface area contributed by atoms with Gasteiger partial charge in [0.05, 0.1) is 25.2 Å². The molecule has 8 nitrogen and oxygen atoms in total. The van der Waals surface area contributed by atoms with Gasteiger partial charge in [-0.15, -0.1) is 6.58 Å². The summed E-state index contributed by atoms with van der Waals surface area (Å²) in [6, 6.07) is 10.2. The van der Waals surface area contributed by atoms with Crippen LogP contribution < -0.4 is 14.8 Å². The number of hydrogen-bond donors (Lipinski definition) is 1. The van der Waals surface area contributed by atoms with E-state index in [1.165, 1.54) is 13.3 Å². The molecule has 2 aromatic rings. The highest BCUT2D eigenvalue weighted by atomic mass is 35.5. The molecule has 2 aliphatic carbocycles. The Labute approximate surface area is 219 Å². The van der Waals surface area contributed by atoms with Gasteiger partial charge < -0.3 is 14.8 Å². The number of amides is 3. The first-order valence-corrected chi connectivity index (χ1v) is 12.4. The van der Waals surface area contributed by atoms with E-state index in [4.69, 9.17) is 21.1 Å². The number of ether oxygens (including phenoxy) is 2. The van der Waals surface area contributed by atoms with Crippen LogP contribution in [0.4, 0.5) is 5.69 Å². The number of methoxy groups -OCH3 is 1. The average molecular weight is 520 g/mol. The fourth-order valence-electron chi connectivity index (χ4n) is 5.37. The van der Waals surface area contributed by atoms with Crippen LogP contribution in [0.3, 0.4) is 0 Å². The van der Waals surface area contributed by atoms with Crippen LogP contribution in [0.1, 0.15) is 17.5 Å². The molecule has 3 aliphatic rings. The standard InChI is InChI=1S/C28H26ClN3O5/c1-3-4-19-11-16(14-30-32-27(34)24-17-5-6-18(13-17)25(24)28(32)35)12-22(36-2)26(19)37-15-23(33)31-21-9-7-20(29)8-10-21/h3,5-12,14,17-18,24-25H,1,4,13,15H2,2H3,(H,31,33)/t17-,18-,24-,25+/m0/s1. The number of allylic oxidation sites excluding steroid dienone is 3. The molecule has 1 aliphatic heterocycles. The fraction of sp³-hybridized carbons (Fsp3) is 0.286. The third kappa shape index (κ3) is 4.76. The second kappa shape index (κ2) is 10.2. The van der Waals surface area contributed by atoms with Crippen LogP contribution >= 0.6 is 11.6 Å². The molecule has 5 rings (SSSR count). The molecule has 9 heteroatoms. The molecule has 0 spiro atoms. The van der Waals surface area contributed by atoms with Crippen molar-refractivity contribution in [3.63, 3.8) is 0 Å². The first-order chi connectivity index (χ1) is 17.9. The lowest BCUT2D eigenvalue weighted by Crippen LogP contribution is -2.28. The summed E-state index contributed by atoms with van der Waals surface area (Å²) in [5.74, 6) is -0.408. The van der Waals surface area contributed by atoms with Gasteiger partial charge in [-0.05, 0) is 66.6 Å². The summed E-state index contributed by atoms with van der Waals surface area (Å²) in [5.41, 5.74) is 1.93. The summed E-state index contributed by atoms with van der Waals surface area (Å²) >= 11 is 5.89. The van der Waals surface area contributed by atoms with Gasteiger partial charge in [-0.3, -0.25) is 14.4 Å². The van der Waals surface area contributed by atoms with Crippen molar-refractivity contribution in [2.24, 2.45) is 28.8 Å². The van der Waals surface area contributed by atoms with Crippen molar-refractivity contribution in [3.05, 3.63) is 77.4 Å². The molecule has 0 unspecified atom stereocenters. The Bertz CT molecular complexity index is 1290. The fourth-order valence-corrected chi connectivity index (χ4v) is 5.50. The number of nitrogens with one attached hydrogen (secondary N) is 1. The van der Waals surface area contributed by atoms with E-state index in [0.29, 0.717) is 39.8 Å². The zero-order valence-electron chi connectivity index (χ0n) is 20.2. The molecule has 2 fully saturated rings. The van der Waals surface area contributed by atoms with Crippen molar-refractivity contribution in [2.75, 3.05) is 19.0 Å². The van der Waals surface area contributed by atoms with Crippen LogP contribution in [0.15, 0.2) is 66.3 Å². The Balaban J connectivity index is 1.31. The minimum Gasteiger partial charge on any atom is -0.493 e. The molecular weight excluding hydrogens is 494 g/mol. The first kappa shape index (κ1) is 24.8. The maximum absolute atomic E-state index is 12.9. The smallest absolute Gasteiger partial charge is 0.262 e. The number of fused-ring (bicyclic) bond motifs is 5. The van der Waals surface area contributed by atoms with E-state index in [1.54, 1.807) is 42.5 Å². The van der Waals surface area contributed by atoms with E-state index >= 15 is 0 Å². The van der Waals surface area contributed by atoms with E-state index < -0.39 is 0 Å². The van der Waals surface area contributed by atoms with Crippen LogP contribution in [0.2, 0.25) is 5.02 Å². The lowest BCUT2D eigenvalue weighted by atomic mass is 9.85. The second-order valence-corrected chi connectivity index (χ2v) is 9.72. The molecule has 0 radical (unpaired) electrons. The largest absolute Gasteiger partial charge is 0.493 e. The minimum absolute atomic E-state index is 0.124. The Kier molecular flexibility index (Phi) is 6.84. The topological polar surface area (TPSA) is 97.3 Å². The summed E-state index contributed by atoms with van der Waals surface area (Å²) in [6.45, 7) is 3.55. The zero-order chi connectivity index (χ0) is 26.1. The van der Waals surface area contributed by atoms with Crippen LogP contribution in [-0.4, -0.2) is 42.7 Å². The van der Waals surface area contributed by atoms with Gasteiger partial charge in [0.15, 0.2) is 18.1 Å². The zero-order valence-corrected chi connectivity index (χ0v) is 21.0. The predicted octanol–water partition coefficient (Wildman–Crippen LogP) is 4.24. The lowest BCUT2D eigenvalue weighted by molar-refractivity contribution is -0.140. The third-order valence-corrected chi connectivity index (χ3v) is 7.24. The average Bonchev–Trinajstić information content (AvgIpc) is 3.57. The highest BCUT2D eigenvalue weighted by Crippen LogP contribution is 2.52. The molecule has 2 bridgehead atoms. The normalized spacial score (nSPS) is 23.6. The Hall–Kier alpha value is -3.91. The molecule has 0 aromatic heterocycles. The molecule has 3 amide bonds. The Morgan fingerprint density at radius 1 is 1.16 bits per heavy atom. The molecular formula is C28H26ClN3O5. The predicted molar refractivity (Wildman–Crippen MR) is 140 cm³/mol. The van der Waals surface area contributed by atoms with E-state index in [2.05, 4.69) is 17.0 Å². The summed E-state index contributed by atoms with van der Waals surface area (Å²) in [4.78, 5) is 38.2. The molecule has 1 N–H and O–H groups in total. The summed E-state index contributed by atoms with van der Waals surface area (Å²) in [7, 11) is 1.49. The molecule has 1 heterocycles. The SMILES string of the molecule is C=CCc1cc(C=NN2C(=O)[C@@H]3[C@H](C2=O)[C@H]2C=C[C@H]3C2)cc(OC)c1OCC(=O)Nc1ccc(Cl)cc1. The summed E-state index contributed by atoms with van der Waals surface area (Å²) in [6.07, 6.45) is 8.57. The molecule has 190 valence electrons. The van der Waals surface area contributed by atoms with E-state index in [0.717, 1.165) is 11.4 Å². The minimum atomic E-state index is -0.348. The van der Waals surface area contributed by atoms with E-state index in [1.807, 2.05) is 12.2 Å². The van der Waals surface area contributed by atoms with Gasteiger partial charge in [0, 0.05) is 16.3 Å². The Morgan fingerprint density at radius 3 is 2.46 bits per heavy atom. The highest BCUT2D eigenvalue weighted by Gasteiger charge is 2.59. The van der Waals surface area contributed by atoms with Crippen LogP contribution in [0.25, 0.3) is 0 Å². The number of hydrogen-bond acceptors (Lipinski definition) is 6. The summed E-state index contributed by atoms with van der Waals surface area (Å²) < 4.78 is 11.4. The summed E-state index contributed by atoms with van der Waals surface area (Å²) in [5, 5.41) is 8.58. The quantitative estimate of drug-likeness (QED) is 0.304. The number of benzene rings is 2. The molecule has 4 atom stereocenters. The van der Waals surface area contributed by atoms with E-state index in [-0.39, 0.29) is 48.0 Å². The van der Waals surface area contributed by atoms with Crippen LogP contribution in [0.5, 0.6) is 11.5 Å². The van der Waals surface area contributed by atoms with Gasteiger partial charge in [-0.1, -0.05) is 29.8 Å². The van der Waals surface area contributed by atoms with Crippen molar-refractivity contribution in [2.45, 2.75) is 12.8 Å². The number of carbonyl (C=O) groups is 3. The van der Waals surface area contributed by atoms with Crippen molar-refractivity contribution in [1.82, 2.24) is 5.01 Å². The number of anilines is 1. The van der Waals surface area contributed by atoms with Gasteiger partial charge in [-0.25, -0.2) is 0 Å². The third-order valence-electron chi connectivity index (χ3n) is 6.98. The van der Waals surface area contributed by atoms with Crippen molar-refractivity contribution >= 4 is 41.2 Å². The maximum Gasteiger partial charge on any atom is 0.262 e. The molecule has 1 saturated carbocycles. The number of carbonyl (C=O) groups excluding carboxylic acids is 3. The Morgan fingerprint density at radius 2 is 1.84 bits per heavy atom. The molecule has 37 heavy (non-hydrogen) atoms. The number of rotatable bonds is 9. The second-order valence-electron chi connectivity index (χ2n) is 9.28. The van der Waals surface area contributed by atoms with Crippen molar-refractivity contribution in [1.29, 1.82) is 0 Å². The monoisotopic (exact) mass is 519 g/mol. The van der Waals surface area contributed by atoms with Gasteiger partial charge in [-0.2, -0.15) is 10.1 Å². The maximum atomic E-state index is 12.9. The van der Waals surface area contributed by atoms with Gasteiger partial charge in [0.2, 0.25) is 0 Å². The van der Waals surface area contributed by atoms with Crippen LogP contribution in [-0.2, 0) is 20.8 Å². The number of halogens is 1. The highest BCUT2D eigenvalue weighted by molar-refractivity contribution is 6.30. The van der Waals surface area contributed by atoms with E-state index in [9.17, 15) is 14.4 Å². The van der Waals surface area contributed by atoms with Gasteiger partial charge in [0.25, 0.3) is 17.7 Å². The first-order valence-electron chi connectivity index (χ1n) is 12.0. The number of hydrazone groups is 1. The number of imide groups is 1. The van der Waals surface area contributed by atoms with Gasteiger partial charge >= 0.3 is 0 Å². The van der Waals surface area contributed by atoms with Crippen molar-refractivity contribution < 1.29 is 23.9 Å². The molecule has 2 aromatic carbocycles.